The van der Waals surface area contributed by atoms with Gasteiger partial charge in [-0.05, 0) is 38.5 Å². The van der Waals surface area contributed by atoms with E-state index in [0.717, 1.165) is 51.4 Å². The average molecular weight is 222 g/mol. The molecule has 2 heteroatoms. The van der Waals surface area contributed by atoms with Gasteiger partial charge in [-0.15, -0.1) is 0 Å². The van der Waals surface area contributed by atoms with Crippen LogP contribution in [0.25, 0.3) is 0 Å². The molecule has 2 fully saturated rings. The molecule has 2 aliphatic rings. The number of carbonyl (C=O) groups excluding carboxylic acids is 2. The number of rotatable bonds is 3. The van der Waals surface area contributed by atoms with Gasteiger partial charge < -0.3 is 0 Å². The van der Waals surface area contributed by atoms with E-state index in [2.05, 4.69) is 0 Å². The van der Waals surface area contributed by atoms with Crippen LogP contribution in [-0.4, -0.2) is 11.6 Å². The summed E-state index contributed by atoms with van der Waals surface area (Å²) in [6.45, 7) is 0. The van der Waals surface area contributed by atoms with Crippen LogP contribution in [0.3, 0.4) is 0 Å². The monoisotopic (exact) mass is 222 g/mol. The second-order valence-corrected chi connectivity index (χ2v) is 5.40. The number of Topliss-reactive ketones (excluding diaryl/α,β-unsaturated/α-hetero) is 2. The minimum Gasteiger partial charge on any atom is -0.299 e. The Labute approximate surface area is 97.8 Å². The minimum absolute atomic E-state index is 0.281. The fraction of sp³-hybridized carbons (Fsp3) is 0.857. The number of carbonyl (C=O) groups is 2. The van der Waals surface area contributed by atoms with Crippen molar-refractivity contribution in [2.45, 2.75) is 64.2 Å². The fourth-order valence-electron chi connectivity index (χ4n) is 3.12. The molecule has 2 aliphatic carbocycles. The first-order valence-electron chi connectivity index (χ1n) is 6.83. The Morgan fingerprint density at radius 3 is 1.56 bits per heavy atom. The van der Waals surface area contributed by atoms with E-state index in [4.69, 9.17) is 0 Å². The van der Waals surface area contributed by atoms with Gasteiger partial charge in [0.25, 0.3) is 0 Å². The van der Waals surface area contributed by atoms with Crippen molar-refractivity contribution in [3.05, 3.63) is 0 Å². The highest BCUT2D eigenvalue weighted by molar-refractivity contribution is 5.82. The van der Waals surface area contributed by atoms with Crippen LogP contribution in [0.5, 0.6) is 0 Å². The van der Waals surface area contributed by atoms with E-state index in [1.165, 1.54) is 12.8 Å². The summed E-state index contributed by atoms with van der Waals surface area (Å²) in [4.78, 5) is 23.3. The third-order valence-corrected chi connectivity index (χ3v) is 4.23. The van der Waals surface area contributed by atoms with E-state index >= 15 is 0 Å². The lowest BCUT2D eigenvalue weighted by atomic mass is 9.79. The lowest BCUT2D eigenvalue weighted by Crippen LogP contribution is -2.23. The van der Waals surface area contributed by atoms with Gasteiger partial charge in [-0.1, -0.05) is 12.8 Å². The maximum atomic E-state index is 11.7. The van der Waals surface area contributed by atoms with Crippen LogP contribution < -0.4 is 0 Å². The summed E-state index contributed by atoms with van der Waals surface area (Å²) in [5.74, 6) is 1.47. The molecule has 2 rings (SSSR count). The average Bonchev–Trinajstić information content (AvgIpc) is 2.30. The number of hydrogen-bond donors (Lipinski definition) is 0. The molecule has 0 aromatic heterocycles. The lowest BCUT2D eigenvalue weighted by Gasteiger charge is -2.24. The number of hydrogen-bond acceptors (Lipinski definition) is 2. The molecule has 0 heterocycles. The highest BCUT2D eigenvalue weighted by Gasteiger charge is 2.26. The van der Waals surface area contributed by atoms with E-state index in [-0.39, 0.29) is 11.8 Å². The van der Waals surface area contributed by atoms with Crippen molar-refractivity contribution < 1.29 is 9.59 Å². The molecular formula is C14H22O2. The molecule has 0 N–H and O–H groups in total. The first-order valence-corrected chi connectivity index (χ1v) is 6.83. The van der Waals surface area contributed by atoms with E-state index < -0.39 is 0 Å². The van der Waals surface area contributed by atoms with Gasteiger partial charge in [-0.25, -0.2) is 0 Å². The smallest absolute Gasteiger partial charge is 0.135 e. The zero-order valence-electron chi connectivity index (χ0n) is 10.0. The van der Waals surface area contributed by atoms with Crippen LogP contribution in [0.4, 0.5) is 0 Å². The molecular weight excluding hydrogens is 200 g/mol. The number of ketones is 2. The molecule has 0 spiro atoms. The van der Waals surface area contributed by atoms with Crippen molar-refractivity contribution in [1.82, 2.24) is 0 Å². The Morgan fingerprint density at radius 1 is 0.750 bits per heavy atom. The van der Waals surface area contributed by atoms with Crippen molar-refractivity contribution in [2.75, 3.05) is 0 Å². The molecule has 0 aliphatic heterocycles. The van der Waals surface area contributed by atoms with E-state index in [1.807, 2.05) is 0 Å². The Kier molecular flexibility index (Phi) is 4.14. The third kappa shape index (κ3) is 2.93. The van der Waals surface area contributed by atoms with Gasteiger partial charge >= 0.3 is 0 Å². The second-order valence-electron chi connectivity index (χ2n) is 5.40. The highest BCUT2D eigenvalue weighted by atomic mass is 16.1. The van der Waals surface area contributed by atoms with Crippen molar-refractivity contribution in [3.8, 4) is 0 Å². The molecule has 2 nitrogen and oxygen atoms in total. The topological polar surface area (TPSA) is 34.1 Å². The second kappa shape index (κ2) is 5.60. The standard InChI is InChI=1S/C14H22O2/c15-13-7-3-1-5-11(13)9-10-12-6-2-4-8-14(12)16/h11-12H,1-10H2/t11-,12-/m0/s1. The van der Waals surface area contributed by atoms with Gasteiger partial charge in [0, 0.05) is 24.7 Å². The summed E-state index contributed by atoms with van der Waals surface area (Å²) in [5.41, 5.74) is 0. The molecule has 0 bridgehead atoms. The Bertz CT molecular complexity index is 242. The lowest BCUT2D eigenvalue weighted by molar-refractivity contribution is -0.127. The molecule has 90 valence electrons. The molecule has 2 saturated carbocycles. The van der Waals surface area contributed by atoms with Crippen LogP contribution in [0, 0.1) is 11.8 Å². The predicted octanol–water partition coefficient (Wildman–Crippen LogP) is 3.29. The maximum absolute atomic E-state index is 11.7. The Hall–Kier alpha value is -0.660. The van der Waals surface area contributed by atoms with Crippen molar-refractivity contribution in [3.63, 3.8) is 0 Å². The predicted molar refractivity (Wildman–Crippen MR) is 63.2 cm³/mol. The van der Waals surface area contributed by atoms with E-state index in [1.54, 1.807) is 0 Å². The van der Waals surface area contributed by atoms with Gasteiger partial charge in [0.2, 0.25) is 0 Å². The molecule has 0 aromatic carbocycles. The van der Waals surface area contributed by atoms with Gasteiger partial charge in [-0.2, -0.15) is 0 Å². The molecule has 16 heavy (non-hydrogen) atoms. The summed E-state index contributed by atoms with van der Waals surface area (Å²) in [7, 11) is 0. The molecule has 0 radical (unpaired) electrons. The fourth-order valence-corrected chi connectivity index (χ4v) is 3.12. The first-order chi connectivity index (χ1) is 7.77. The zero-order chi connectivity index (χ0) is 11.4. The summed E-state index contributed by atoms with van der Waals surface area (Å²) in [6, 6.07) is 0. The molecule has 2 atom stereocenters. The van der Waals surface area contributed by atoms with Crippen molar-refractivity contribution in [1.29, 1.82) is 0 Å². The van der Waals surface area contributed by atoms with Gasteiger partial charge in [0.15, 0.2) is 0 Å². The van der Waals surface area contributed by atoms with Crippen LogP contribution in [0.2, 0.25) is 0 Å². The van der Waals surface area contributed by atoms with Crippen LogP contribution in [0.15, 0.2) is 0 Å². The largest absolute Gasteiger partial charge is 0.299 e. The normalized spacial score (nSPS) is 31.8. The first kappa shape index (κ1) is 11.8. The van der Waals surface area contributed by atoms with E-state index in [0.29, 0.717) is 11.6 Å². The maximum Gasteiger partial charge on any atom is 0.135 e. The zero-order valence-corrected chi connectivity index (χ0v) is 10.0. The Balaban J connectivity index is 1.77. The van der Waals surface area contributed by atoms with Crippen molar-refractivity contribution in [2.24, 2.45) is 11.8 Å². The molecule has 0 aromatic rings. The molecule has 0 saturated heterocycles. The van der Waals surface area contributed by atoms with Gasteiger partial charge in [0.05, 0.1) is 0 Å². The summed E-state index contributed by atoms with van der Waals surface area (Å²) >= 11 is 0. The molecule has 0 amide bonds. The summed E-state index contributed by atoms with van der Waals surface area (Å²) in [5, 5.41) is 0. The quantitative estimate of drug-likeness (QED) is 0.734. The van der Waals surface area contributed by atoms with Crippen molar-refractivity contribution >= 4 is 11.6 Å². The van der Waals surface area contributed by atoms with Crippen LogP contribution in [-0.2, 0) is 9.59 Å². The molecule has 0 unspecified atom stereocenters. The van der Waals surface area contributed by atoms with Gasteiger partial charge in [0.1, 0.15) is 11.6 Å². The van der Waals surface area contributed by atoms with Crippen LogP contribution in [0.1, 0.15) is 64.2 Å². The van der Waals surface area contributed by atoms with E-state index in [9.17, 15) is 9.59 Å². The SMILES string of the molecule is O=C1CCCC[C@H]1CC[C@@H]1CCCCC1=O. The van der Waals surface area contributed by atoms with Gasteiger partial charge in [-0.3, -0.25) is 9.59 Å². The van der Waals surface area contributed by atoms with Crippen LogP contribution >= 0.6 is 0 Å². The summed E-state index contributed by atoms with van der Waals surface area (Å²) < 4.78 is 0. The summed E-state index contributed by atoms with van der Waals surface area (Å²) in [6.07, 6.45) is 10.2. The third-order valence-electron chi connectivity index (χ3n) is 4.23. The minimum atomic E-state index is 0.281. The Morgan fingerprint density at radius 2 is 1.19 bits per heavy atom. The highest BCUT2D eigenvalue weighted by Crippen LogP contribution is 2.30.